The summed E-state index contributed by atoms with van der Waals surface area (Å²) < 4.78 is 13.0. The first kappa shape index (κ1) is 44.1. The second-order valence-corrected chi connectivity index (χ2v) is 17.0. The zero-order valence-electron chi connectivity index (χ0n) is 35.4. The van der Waals surface area contributed by atoms with Gasteiger partial charge in [0.15, 0.2) is 11.6 Å². The lowest BCUT2D eigenvalue weighted by molar-refractivity contribution is 0.0831. The number of ether oxygens (including phenoxy) is 2. The van der Waals surface area contributed by atoms with Crippen molar-refractivity contribution >= 4 is 11.6 Å². The number of rotatable bonds is 16. The van der Waals surface area contributed by atoms with Crippen molar-refractivity contribution in [3.05, 3.63) is 142 Å². The highest BCUT2D eigenvalue weighted by Gasteiger charge is 2.40. The third-order valence-electron chi connectivity index (χ3n) is 12.0. The number of ketones is 2. The predicted octanol–water partition coefficient (Wildman–Crippen LogP) is 11.1. The zero-order chi connectivity index (χ0) is 44.4. The lowest BCUT2D eigenvalue weighted by atomic mass is 9.81. The zero-order valence-corrected chi connectivity index (χ0v) is 35.4. The Morgan fingerprint density at radius 1 is 0.557 bits per heavy atom. The van der Waals surface area contributed by atoms with Gasteiger partial charge in [-0.05, 0) is 113 Å². The highest BCUT2D eigenvalue weighted by atomic mass is 16.5. The highest BCUT2D eigenvalue weighted by molar-refractivity contribution is 6.05. The molecule has 0 amide bonds. The SMILES string of the molecule is C=C(C)CC[C@H](Cc1c(O)c(Cc2c(O)c(C[C@@H](CCC(=C)C)C(=C)C)c3c(c2O)C(=O)C[C@@H](c2ccc(O)cc2)O3)c(O)c2c1O[C@H](c1ccc(O)cc1)CC2=O)C(=C)C. The summed E-state index contributed by atoms with van der Waals surface area (Å²) in [7, 11) is 0. The third kappa shape index (κ3) is 9.33. The van der Waals surface area contributed by atoms with Gasteiger partial charge >= 0.3 is 0 Å². The molecule has 320 valence electrons. The quantitative estimate of drug-likeness (QED) is 0.0597. The fourth-order valence-corrected chi connectivity index (χ4v) is 8.33. The minimum atomic E-state index is -0.790. The Balaban J connectivity index is 1.54. The molecule has 10 heteroatoms. The molecule has 0 saturated heterocycles. The molecule has 0 fully saturated rings. The Morgan fingerprint density at radius 2 is 0.902 bits per heavy atom. The number of aromatic hydroxyl groups is 6. The van der Waals surface area contributed by atoms with Crippen molar-refractivity contribution in [3.63, 3.8) is 0 Å². The van der Waals surface area contributed by atoms with Crippen molar-refractivity contribution in [2.45, 2.75) is 97.7 Å². The van der Waals surface area contributed by atoms with Crippen LogP contribution in [0.1, 0.15) is 133 Å². The molecule has 0 aromatic heterocycles. The largest absolute Gasteiger partial charge is 0.508 e. The number of Topliss-reactive ketones (excluding diaryl/α,β-unsaturated/α-hetero) is 2. The van der Waals surface area contributed by atoms with E-state index in [4.69, 9.17) is 9.47 Å². The normalized spacial score (nSPS) is 16.7. The average Bonchev–Trinajstić information content (AvgIpc) is 3.19. The van der Waals surface area contributed by atoms with E-state index in [2.05, 4.69) is 26.3 Å². The van der Waals surface area contributed by atoms with Gasteiger partial charge in [-0.2, -0.15) is 0 Å². The van der Waals surface area contributed by atoms with E-state index in [9.17, 15) is 40.2 Å². The van der Waals surface area contributed by atoms with Gasteiger partial charge in [-0.3, -0.25) is 9.59 Å². The minimum absolute atomic E-state index is 0.0138. The van der Waals surface area contributed by atoms with Crippen LogP contribution in [0.15, 0.2) is 97.1 Å². The molecule has 0 aliphatic carbocycles. The molecule has 6 N–H and O–H groups in total. The number of phenolic OH excluding ortho intramolecular Hbond substituents is 6. The van der Waals surface area contributed by atoms with E-state index in [1.165, 1.54) is 24.3 Å². The fraction of sp³-hybridized carbons (Fsp3) is 0.333. The molecule has 4 aromatic carbocycles. The van der Waals surface area contributed by atoms with E-state index in [1.807, 2.05) is 27.7 Å². The molecular formula is C51H56O10. The van der Waals surface area contributed by atoms with Crippen LogP contribution in [-0.4, -0.2) is 42.2 Å². The van der Waals surface area contributed by atoms with Crippen LogP contribution in [0.4, 0.5) is 0 Å². The Kier molecular flexibility index (Phi) is 13.1. The maximum atomic E-state index is 14.2. The smallest absolute Gasteiger partial charge is 0.174 e. The van der Waals surface area contributed by atoms with Crippen LogP contribution < -0.4 is 9.47 Å². The van der Waals surface area contributed by atoms with Gasteiger partial charge in [-0.25, -0.2) is 0 Å². The molecule has 10 nitrogen and oxygen atoms in total. The van der Waals surface area contributed by atoms with Gasteiger partial charge in [-0.1, -0.05) is 59.7 Å². The number of carbonyl (C=O) groups is 2. The summed E-state index contributed by atoms with van der Waals surface area (Å²) in [6.07, 6.45) is 0.552. The van der Waals surface area contributed by atoms with Crippen LogP contribution in [0.2, 0.25) is 0 Å². The molecule has 2 heterocycles. The molecule has 0 unspecified atom stereocenters. The summed E-state index contributed by atoms with van der Waals surface area (Å²) in [5.74, 6) is -3.17. The Morgan fingerprint density at radius 3 is 1.21 bits per heavy atom. The standard InChI is InChI=1S/C51H56O10/c1-26(2)9-11-32(28(5)6)21-38-46(56)36(48(58)44-40(54)24-42(60-50(38)44)30-13-17-34(52)18-14-30)23-37-47(57)39(22-33(29(7)8)12-10-27(3)4)51-45(49(37)59)41(55)25-43(61-51)31-15-19-35(53)20-16-31/h13-20,32-33,42-43,52-53,56-59H,1,3,5,7,9-12,21-25H2,2,4,6,8H3/t32-,33-,42+,43+/m1/s1. The lowest BCUT2D eigenvalue weighted by Crippen LogP contribution is -2.24. The number of hydrogen-bond donors (Lipinski definition) is 6. The molecular weight excluding hydrogens is 773 g/mol. The van der Waals surface area contributed by atoms with Gasteiger partial charge in [-0.15, -0.1) is 13.2 Å². The summed E-state index contributed by atoms with van der Waals surface area (Å²) >= 11 is 0. The maximum absolute atomic E-state index is 14.2. The van der Waals surface area contributed by atoms with E-state index in [0.717, 1.165) is 22.3 Å². The van der Waals surface area contributed by atoms with Crippen molar-refractivity contribution < 1.29 is 49.7 Å². The van der Waals surface area contributed by atoms with E-state index in [1.54, 1.807) is 24.3 Å². The monoisotopic (exact) mass is 828 g/mol. The first-order valence-electron chi connectivity index (χ1n) is 20.6. The van der Waals surface area contributed by atoms with Crippen molar-refractivity contribution in [1.82, 2.24) is 0 Å². The van der Waals surface area contributed by atoms with Crippen LogP contribution in [0, 0.1) is 11.8 Å². The number of phenols is 6. The first-order valence-corrected chi connectivity index (χ1v) is 20.6. The molecule has 0 bridgehead atoms. The topological polar surface area (TPSA) is 174 Å². The third-order valence-corrected chi connectivity index (χ3v) is 12.0. The highest BCUT2D eigenvalue weighted by Crippen LogP contribution is 2.54. The summed E-state index contributed by atoms with van der Waals surface area (Å²) in [5, 5.41) is 68.5. The summed E-state index contributed by atoms with van der Waals surface area (Å²) in [4.78, 5) is 28.3. The van der Waals surface area contributed by atoms with Gasteiger partial charge in [0, 0.05) is 28.7 Å². The number of hydrogen-bond acceptors (Lipinski definition) is 10. The van der Waals surface area contributed by atoms with Crippen LogP contribution in [0.5, 0.6) is 46.0 Å². The minimum Gasteiger partial charge on any atom is -0.508 e. The van der Waals surface area contributed by atoms with Crippen LogP contribution in [0.3, 0.4) is 0 Å². The van der Waals surface area contributed by atoms with E-state index >= 15 is 0 Å². The fourth-order valence-electron chi connectivity index (χ4n) is 8.33. The van der Waals surface area contributed by atoms with Crippen molar-refractivity contribution in [1.29, 1.82) is 0 Å². The number of benzene rings is 4. The van der Waals surface area contributed by atoms with Gasteiger partial charge < -0.3 is 40.1 Å². The molecule has 6 rings (SSSR count). The number of carbonyl (C=O) groups excluding carboxylic acids is 2. The van der Waals surface area contributed by atoms with E-state index < -0.39 is 53.2 Å². The first-order chi connectivity index (χ1) is 28.9. The molecule has 2 aliphatic rings. The second-order valence-electron chi connectivity index (χ2n) is 17.0. The summed E-state index contributed by atoms with van der Waals surface area (Å²) in [6, 6.07) is 12.5. The Bertz CT molecular complexity index is 2250. The maximum Gasteiger partial charge on any atom is 0.174 e. The van der Waals surface area contributed by atoms with E-state index in [0.29, 0.717) is 36.8 Å². The molecule has 61 heavy (non-hydrogen) atoms. The molecule has 4 aromatic rings. The predicted molar refractivity (Wildman–Crippen MR) is 235 cm³/mol. The molecule has 4 atom stereocenters. The number of allylic oxidation sites excluding steroid dienone is 4. The lowest BCUT2D eigenvalue weighted by Gasteiger charge is -2.32. The van der Waals surface area contributed by atoms with Crippen molar-refractivity contribution in [3.8, 4) is 46.0 Å². The van der Waals surface area contributed by atoms with Crippen LogP contribution >= 0.6 is 0 Å². The molecule has 0 spiro atoms. The molecule has 2 aliphatic heterocycles. The van der Waals surface area contributed by atoms with E-state index in [-0.39, 0.29) is 93.9 Å². The molecule has 0 radical (unpaired) electrons. The molecule has 0 saturated carbocycles. The van der Waals surface area contributed by atoms with Crippen molar-refractivity contribution in [2.75, 3.05) is 0 Å². The van der Waals surface area contributed by atoms with Crippen LogP contribution in [-0.2, 0) is 19.3 Å². The van der Waals surface area contributed by atoms with Crippen molar-refractivity contribution in [2.24, 2.45) is 11.8 Å². The summed E-state index contributed by atoms with van der Waals surface area (Å²) in [6.45, 7) is 24.1. The number of fused-ring (bicyclic) bond motifs is 2. The Labute approximate surface area is 357 Å². The van der Waals surface area contributed by atoms with Crippen LogP contribution in [0.25, 0.3) is 0 Å². The average molecular weight is 829 g/mol. The second kappa shape index (κ2) is 18.1. The van der Waals surface area contributed by atoms with Gasteiger partial charge in [0.25, 0.3) is 0 Å². The Hall–Kier alpha value is -6.42. The van der Waals surface area contributed by atoms with Gasteiger partial charge in [0.1, 0.15) is 69.3 Å². The summed E-state index contributed by atoms with van der Waals surface area (Å²) in [5.41, 5.74) is 4.67. The van der Waals surface area contributed by atoms with Gasteiger partial charge in [0.2, 0.25) is 0 Å². The van der Waals surface area contributed by atoms with Gasteiger partial charge in [0.05, 0.1) is 12.8 Å².